The molecule has 5 aliphatic heterocycles. The second-order valence-electron chi connectivity index (χ2n) is 14.5. The molecule has 1 N–H and O–H groups in total. The molecular weight excluding hydrogens is 654 g/mol. The number of hydrogen-bond acceptors (Lipinski definition) is 9. The minimum atomic E-state index is -0.135. The Morgan fingerprint density at radius 3 is 2.19 bits per heavy atom. The lowest BCUT2D eigenvalue weighted by Gasteiger charge is -2.39. The van der Waals surface area contributed by atoms with Gasteiger partial charge in [-0.05, 0) is 104 Å². The monoisotopic (exact) mass is 703 g/mol. The lowest BCUT2D eigenvalue weighted by Crippen LogP contribution is -2.35. The molecule has 9 nitrogen and oxygen atoms in total. The van der Waals surface area contributed by atoms with Crippen molar-refractivity contribution in [1.29, 1.82) is 0 Å². The summed E-state index contributed by atoms with van der Waals surface area (Å²) in [6, 6.07) is 19.0. The molecule has 52 heavy (non-hydrogen) atoms. The molecular formula is C43H49N3O6. The Bertz CT molecular complexity index is 1980. The van der Waals surface area contributed by atoms with Crippen LogP contribution in [0.4, 0.5) is 0 Å². The van der Waals surface area contributed by atoms with Gasteiger partial charge in [-0.2, -0.15) is 0 Å². The molecule has 5 heterocycles. The van der Waals surface area contributed by atoms with Crippen LogP contribution in [-0.2, 0) is 38.8 Å². The van der Waals surface area contributed by atoms with Gasteiger partial charge in [0.1, 0.15) is 11.5 Å². The van der Waals surface area contributed by atoms with Gasteiger partial charge in [0.15, 0.2) is 23.0 Å². The fourth-order valence-electron chi connectivity index (χ4n) is 8.60. The molecule has 0 aliphatic carbocycles. The van der Waals surface area contributed by atoms with Crippen LogP contribution in [0.15, 0.2) is 66.7 Å². The lowest BCUT2D eigenvalue weighted by atomic mass is 9.84. The van der Waals surface area contributed by atoms with Crippen LogP contribution in [0.5, 0.6) is 40.2 Å². The minimum Gasteiger partial charge on any atom is -0.493 e. The summed E-state index contributed by atoms with van der Waals surface area (Å²) >= 11 is 0. The van der Waals surface area contributed by atoms with E-state index in [1.807, 2.05) is 18.2 Å². The summed E-state index contributed by atoms with van der Waals surface area (Å²) in [5.41, 5.74) is 9.03. The van der Waals surface area contributed by atoms with E-state index in [-0.39, 0.29) is 18.7 Å². The first-order valence-corrected chi connectivity index (χ1v) is 18.3. The third-order valence-electron chi connectivity index (χ3n) is 11.5. The van der Waals surface area contributed by atoms with Gasteiger partial charge in [0.25, 0.3) is 0 Å². The zero-order chi connectivity index (χ0) is 35.9. The van der Waals surface area contributed by atoms with E-state index in [1.165, 1.54) is 22.3 Å². The van der Waals surface area contributed by atoms with Gasteiger partial charge in [-0.15, -0.1) is 0 Å². The summed E-state index contributed by atoms with van der Waals surface area (Å²) < 4.78 is 32.0. The summed E-state index contributed by atoms with van der Waals surface area (Å²) in [6.07, 6.45) is 7.70. The van der Waals surface area contributed by atoms with Gasteiger partial charge in [0.2, 0.25) is 5.75 Å². The highest BCUT2D eigenvalue weighted by Crippen LogP contribution is 2.53. The van der Waals surface area contributed by atoms with E-state index >= 15 is 0 Å². The standard InChI is InChI=1S/C43H49N3O6/c1-44-18-14-29-23-30(26-47)38-24-33(29)35(44)20-27-8-11-31(12-9-27)51-39-22-28(10-13-37(39)48-3)21-36-40-32(15-19-45(36)2)34(25-46-16-6-7-17-46)41(49-4)43(50-5)42(40)52-38/h6-13,22-24,35-36,47H,14-21,25-26H2,1-5H3/t35-,36-/m0/s1. The number of methoxy groups -OCH3 is 3. The van der Waals surface area contributed by atoms with Crippen molar-refractivity contribution in [3.05, 3.63) is 111 Å². The maximum absolute atomic E-state index is 10.8. The van der Waals surface area contributed by atoms with Crippen LogP contribution in [0.25, 0.3) is 0 Å². The number of rotatable bonds is 6. The van der Waals surface area contributed by atoms with Gasteiger partial charge in [-0.3, -0.25) is 14.7 Å². The minimum absolute atomic E-state index is 0.0532. The molecule has 272 valence electrons. The summed E-state index contributed by atoms with van der Waals surface area (Å²) in [5, 5.41) is 10.8. The molecule has 0 radical (unpaired) electrons. The predicted octanol–water partition coefficient (Wildman–Crippen LogP) is 7.02. The molecule has 2 atom stereocenters. The number of nitrogens with zero attached hydrogens (tertiary/aromatic N) is 3. The predicted molar refractivity (Wildman–Crippen MR) is 201 cm³/mol. The Hall–Kier alpha value is -4.54. The van der Waals surface area contributed by atoms with Crippen molar-refractivity contribution in [3.63, 3.8) is 0 Å². The average molecular weight is 704 g/mol. The molecule has 0 unspecified atom stereocenters. The second kappa shape index (κ2) is 14.5. The molecule has 0 saturated heterocycles. The number of likely N-dealkylation sites (N-methyl/N-ethyl adjacent to an activating group) is 2. The number of aliphatic hydroxyl groups excluding tert-OH is 1. The van der Waals surface area contributed by atoms with E-state index in [9.17, 15) is 5.11 Å². The van der Waals surface area contributed by atoms with Crippen LogP contribution >= 0.6 is 0 Å². The maximum atomic E-state index is 10.8. The van der Waals surface area contributed by atoms with Crippen LogP contribution in [0.1, 0.15) is 56.6 Å². The molecule has 0 aromatic heterocycles. The second-order valence-corrected chi connectivity index (χ2v) is 14.5. The molecule has 6 bridgehead atoms. The van der Waals surface area contributed by atoms with Gasteiger partial charge in [-0.25, -0.2) is 0 Å². The SMILES string of the molecule is COc1ccc2cc1Oc1ccc(cc1)C[C@H]1c3cc(c(CO)cc3CCN1C)Oc1c(OC)c(OC)c(CN3CC=CC3)c3c1[C@H](C2)N(C)CC3. The molecule has 0 amide bonds. The van der Waals surface area contributed by atoms with E-state index in [4.69, 9.17) is 23.7 Å². The van der Waals surface area contributed by atoms with Gasteiger partial charge in [0.05, 0.1) is 27.9 Å². The van der Waals surface area contributed by atoms with Gasteiger partial charge < -0.3 is 28.8 Å². The zero-order valence-electron chi connectivity index (χ0n) is 30.9. The number of aliphatic hydroxyl groups is 1. The Balaban J connectivity index is 1.37. The highest BCUT2D eigenvalue weighted by atomic mass is 16.5. The Morgan fingerprint density at radius 1 is 0.750 bits per heavy atom. The summed E-state index contributed by atoms with van der Waals surface area (Å²) in [6.45, 7) is 4.19. The van der Waals surface area contributed by atoms with E-state index in [0.29, 0.717) is 40.9 Å². The van der Waals surface area contributed by atoms with Crippen molar-refractivity contribution in [2.75, 3.05) is 61.6 Å². The van der Waals surface area contributed by atoms with E-state index in [2.05, 4.69) is 77.3 Å². The van der Waals surface area contributed by atoms with Crippen LogP contribution in [-0.4, -0.2) is 81.4 Å². The quantitative estimate of drug-likeness (QED) is 0.213. The van der Waals surface area contributed by atoms with Crippen molar-refractivity contribution in [2.45, 2.75) is 50.9 Å². The normalized spacial score (nSPS) is 20.0. The fraction of sp³-hybridized carbons (Fsp3) is 0.395. The van der Waals surface area contributed by atoms with Crippen LogP contribution < -0.4 is 23.7 Å². The van der Waals surface area contributed by atoms with E-state index < -0.39 is 0 Å². The molecule has 0 saturated carbocycles. The van der Waals surface area contributed by atoms with Crippen molar-refractivity contribution < 1.29 is 28.8 Å². The highest BCUT2D eigenvalue weighted by molar-refractivity contribution is 5.67. The third kappa shape index (κ3) is 6.30. The summed E-state index contributed by atoms with van der Waals surface area (Å²) in [4.78, 5) is 7.25. The fourth-order valence-corrected chi connectivity index (χ4v) is 8.60. The van der Waals surface area contributed by atoms with Crippen molar-refractivity contribution >= 4 is 0 Å². The number of fused-ring (bicyclic) bond motifs is 2. The van der Waals surface area contributed by atoms with Crippen LogP contribution in [0.2, 0.25) is 0 Å². The summed E-state index contributed by atoms with van der Waals surface area (Å²) in [7, 11) is 9.47. The maximum Gasteiger partial charge on any atom is 0.204 e. The molecule has 9 heteroatoms. The number of benzene rings is 4. The van der Waals surface area contributed by atoms with Crippen LogP contribution in [0, 0.1) is 0 Å². The highest BCUT2D eigenvalue weighted by Gasteiger charge is 2.37. The largest absolute Gasteiger partial charge is 0.493 e. The molecule has 0 fully saturated rings. The molecule has 0 spiro atoms. The van der Waals surface area contributed by atoms with Crippen molar-refractivity contribution in [1.82, 2.24) is 14.7 Å². The zero-order valence-corrected chi connectivity index (χ0v) is 30.9. The van der Waals surface area contributed by atoms with E-state index in [0.717, 1.165) is 80.0 Å². The first kappa shape index (κ1) is 34.5. The molecule has 4 aromatic carbocycles. The molecule has 5 aliphatic rings. The molecule has 9 rings (SSSR count). The van der Waals surface area contributed by atoms with Crippen LogP contribution in [0.3, 0.4) is 0 Å². The van der Waals surface area contributed by atoms with Gasteiger partial charge in [-0.1, -0.05) is 30.4 Å². The smallest absolute Gasteiger partial charge is 0.204 e. The van der Waals surface area contributed by atoms with Crippen molar-refractivity contribution in [3.8, 4) is 40.2 Å². The van der Waals surface area contributed by atoms with E-state index in [1.54, 1.807) is 21.3 Å². The Labute approximate surface area is 306 Å². The third-order valence-corrected chi connectivity index (χ3v) is 11.5. The average Bonchev–Trinajstić information content (AvgIpc) is 3.68. The topological polar surface area (TPSA) is 76.1 Å². The number of ether oxygens (including phenoxy) is 5. The first-order chi connectivity index (χ1) is 25.4. The molecule has 4 aromatic rings. The van der Waals surface area contributed by atoms with Crippen molar-refractivity contribution in [2.24, 2.45) is 0 Å². The first-order valence-electron chi connectivity index (χ1n) is 18.3. The number of hydrogen-bond donors (Lipinski definition) is 1. The Kier molecular flexibility index (Phi) is 9.61. The summed E-state index contributed by atoms with van der Waals surface area (Å²) in [5.74, 6) is 4.70. The lowest BCUT2D eigenvalue weighted by molar-refractivity contribution is 0.217. The van der Waals surface area contributed by atoms with Gasteiger partial charge in [0, 0.05) is 61.5 Å². The Morgan fingerprint density at radius 2 is 1.46 bits per heavy atom. The van der Waals surface area contributed by atoms with Gasteiger partial charge >= 0.3 is 0 Å².